The molecule has 3 rings (SSSR count). The van der Waals surface area contributed by atoms with Gasteiger partial charge in [0.2, 0.25) is 0 Å². The molecule has 0 aliphatic rings. The lowest BCUT2D eigenvalue weighted by molar-refractivity contribution is 0.0954. The van der Waals surface area contributed by atoms with Gasteiger partial charge in [0.15, 0.2) is 0 Å². The number of sulfonamides is 1. The van der Waals surface area contributed by atoms with Crippen LogP contribution in [0.2, 0.25) is 0 Å². The molecule has 0 spiro atoms. The van der Waals surface area contributed by atoms with Gasteiger partial charge in [-0.1, -0.05) is 6.07 Å². The Labute approximate surface area is 160 Å². The lowest BCUT2D eigenvalue weighted by atomic mass is 10.2. The van der Waals surface area contributed by atoms with Crippen LogP contribution in [0.5, 0.6) is 0 Å². The molecule has 0 unspecified atom stereocenters. The van der Waals surface area contributed by atoms with Crippen LogP contribution in [0, 0.1) is 5.82 Å². The van der Waals surface area contributed by atoms with Crippen molar-refractivity contribution < 1.29 is 17.6 Å². The fourth-order valence-electron chi connectivity index (χ4n) is 2.37. The van der Waals surface area contributed by atoms with E-state index < -0.39 is 15.8 Å². The first-order valence-corrected chi connectivity index (χ1v) is 10.5. The van der Waals surface area contributed by atoms with E-state index in [0.29, 0.717) is 12.1 Å². The fraction of sp³-hybridized carbons (Fsp3) is 0.105. The van der Waals surface area contributed by atoms with Crippen LogP contribution in [0.4, 0.5) is 10.1 Å². The largest absolute Gasteiger partial charge is 0.352 e. The summed E-state index contributed by atoms with van der Waals surface area (Å²) in [5, 5.41) is 4.79. The molecule has 2 aromatic carbocycles. The summed E-state index contributed by atoms with van der Waals surface area (Å²) in [5.74, 6) is -0.714. The number of carbonyl (C=O) groups excluding carboxylic acids is 1. The van der Waals surface area contributed by atoms with Crippen LogP contribution in [-0.4, -0.2) is 20.9 Å². The van der Waals surface area contributed by atoms with Gasteiger partial charge in [-0.25, -0.2) is 12.8 Å². The van der Waals surface area contributed by atoms with Gasteiger partial charge in [0, 0.05) is 22.7 Å². The third-order valence-corrected chi connectivity index (χ3v) is 6.09. The summed E-state index contributed by atoms with van der Waals surface area (Å²) in [5.41, 5.74) is 0.633. The van der Waals surface area contributed by atoms with E-state index in [1.54, 1.807) is 11.3 Å². The molecule has 140 valence electrons. The first-order valence-electron chi connectivity index (χ1n) is 8.13. The van der Waals surface area contributed by atoms with Crippen LogP contribution in [0.3, 0.4) is 0 Å². The highest BCUT2D eigenvalue weighted by atomic mass is 32.2. The van der Waals surface area contributed by atoms with Gasteiger partial charge in [0.05, 0.1) is 4.90 Å². The molecule has 0 aliphatic heterocycles. The van der Waals surface area contributed by atoms with E-state index >= 15 is 0 Å². The highest BCUT2D eigenvalue weighted by Crippen LogP contribution is 2.17. The highest BCUT2D eigenvalue weighted by molar-refractivity contribution is 7.92. The second-order valence-electron chi connectivity index (χ2n) is 5.72. The monoisotopic (exact) mass is 404 g/mol. The summed E-state index contributed by atoms with van der Waals surface area (Å²) in [6, 6.07) is 14.6. The number of halogens is 1. The van der Waals surface area contributed by atoms with Gasteiger partial charge in [-0.15, -0.1) is 11.3 Å². The van der Waals surface area contributed by atoms with Crippen molar-refractivity contribution in [1.29, 1.82) is 0 Å². The predicted octanol–water partition coefficient (Wildman–Crippen LogP) is 3.66. The number of carbonyl (C=O) groups is 1. The first-order chi connectivity index (χ1) is 12.9. The van der Waals surface area contributed by atoms with E-state index in [1.165, 1.54) is 53.4 Å². The van der Waals surface area contributed by atoms with Crippen LogP contribution >= 0.6 is 11.3 Å². The maximum atomic E-state index is 12.9. The van der Waals surface area contributed by atoms with Crippen molar-refractivity contribution >= 4 is 33.0 Å². The molecule has 0 saturated carbocycles. The molecule has 8 heteroatoms. The molecular formula is C19H17FN2O3S2. The Kier molecular flexibility index (Phi) is 5.88. The van der Waals surface area contributed by atoms with E-state index in [0.717, 1.165) is 6.42 Å². The normalized spacial score (nSPS) is 11.1. The van der Waals surface area contributed by atoms with Gasteiger partial charge in [-0.3, -0.25) is 9.52 Å². The van der Waals surface area contributed by atoms with E-state index in [2.05, 4.69) is 10.0 Å². The molecule has 0 aliphatic carbocycles. The van der Waals surface area contributed by atoms with Gasteiger partial charge in [0.25, 0.3) is 15.9 Å². The Morgan fingerprint density at radius 2 is 1.70 bits per heavy atom. The van der Waals surface area contributed by atoms with E-state index in [-0.39, 0.29) is 16.5 Å². The zero-order chi connectivity index (χ0) is 19.3. The number of hydrogen-bond donors (Lipinski definition) is 2. The van der Waals surface area contributed by atoms with Gasteiger partial charge < -0.3 is 5.32 Å². The maximum Gasteiger partial charge on any atom is 0.261 e. The third-order valence-electron chi connectivity index (χ3n) is 3.76. The molecule has 1 heterocycles. The second kappa shape index (κ2) is 8.32. The number of amides is 1. The Balaban J connectivity index is 1.61. The van der Waals surface area contributed by atoms with Crippen LogP contribution in [0.15, 0.2) is 70.9 Å². The minimum atomic E-state index is -3.82. The molecule has 1 aromatic heterocycles. The number of hydrogen-bond acceptors (Lipinski definition) is 4. The molecule has 0 saturated heterocycles. The van der Waals surface area contributed by atoms with Crippen molar-refractivity contribution in [2.24, 2.45) is 0 Å². The standard InChI is InChI=1S/C19H17FN2O3S2/c20-15-5-7-16(8-6-15)22-27(24,25)18-9-3-14(4-10-18)19(23)21-12-11-17-2-1-13-26-17/h1-10,13,22H,11-12H2,(H,21,23). The zero-order valence-corrected chi connectivity index (χ0v) is 15.8. The molecule has 0 radical (unpaired) electrons. The average molecular weight is 404 g/mol. The first kappa shape index (κ1) is 19.1. The predicted molar refractivity (Wildman–Crippen MR) is 104 cm³/mol. The average Bonchev–Trinajstić information content (AvgIpc) is 3.17. The van der Waals surface area contributed by atoms with Crippen molar-refractivity contribution in [1.82, 2.24) is 5.32 Å². The molecule has 0 fully saturated rings. The maximum absolute atomic E-state index is 12.9. The lowest BCUT2D eigenvalue weighted by Gasteiger charge is -2.09. The number of nitrogens with one attached hydrogen (secondary N) is 2. The summed E-state index contributed by atoms with van der Waals surface area (Å²) in [6.45, 7) is 0.505. The molecular weight excluding hydrogens is 387 g/mol. The smallest absolute Gasteiger partial charge is 0.261 e. The molecule has 0 bridgehead atoms. The van der Waals surface area contributed by atoms with Crippen LogP contribution < -0.4 is 10.0 Å². The Morgan fingerprint density at radius 1 is 1.00 bits per heavy atom. The Hall–Kier alpha value is -2.71. The minimum Gasteiger partial charge on any atom is -0.352 e. The number of anilines is 1. The van der Waals surface area contributed by atoms with E-state index in [9.17, 15) is 17.6 Å². The quantitative estimate of drug-likeness (QED) is 0.631. The summed E-state index contributed by atoms with van der Waals surface area (Å²) in [7, 11) is -3.82. The van der Waals surface area contributed by atoms with E-state index in [1.807, 2.05) is 17.5 Å². The van der Waals surface area contributed by atoms with E-state index in [4.69, 9.17) is 0 Å². The SMILES string of the molecule is O=C(NCCc1cccs1)c1ccc(S(=O)(=O)Nc2ccc(F)cc2)cc1. The molecule has 1 amide bonds. The second-order valence-corrected chi connectivity index (χ2v) is 8.44. The van der Waals surface area contributed by atoms with Gasteiger partial charge in [-0.05, 0) is 66.4 Å². The number of rotatable bonds is 7. The van der Waals surface area contributed by atoms with Crippen LogP contribution in [0.1, 0.15) is 15.2 Å². The van der Waals surface area contributed by atoms with Gasteiger partial charge in [-0.2, -0.15) is 0 Å². The minimum absolute atomic E-state index is 0.0157. The highest BCUT2D eigenvalue weighted by Gasteiger charge is 2.15. The molecule has 2 N–H and O–H groups in total. The lowest BCUT2D eigenvalue weighted by Crippen LogP contribution is -2.25. The number of benzene rings is 2. The van der Waals surface area contributed by atoms with Crippen molar-refractivity contribution in [3.05, 3.63) is 82.3 Å². The summed E-state index contributed by atoms with van der Waals surface area (Å²) in [6.07, 6.45) is 0.747. The van der Waals surface area contributed by atoms with Crippen molar-refractivity contribution in [3.8, 4) is 0 Å². The van der Waals surface area contributed by atoms with Gasteiger partial charge >= 0.3 is 0 Å². The Bertz CT molecular complexity index is 1000. The number of thiophene rings is 1. The zero-order valence-electron chi connectivity index (χ0n) is 14.2. The third kappa shape index (κ3) is 5.15. The molecule has 5 nitrogen and oxygen atoms in total. The summed E-state index contributed by atoms with van der Waals surface area (Å²) < 4.78 is 40.0. The van der Waals surface area contributed by atoms with Crippen LogP contribution in [-0.2, 0) is 16.4 Å². The van der Waals surface area contributed by atoms with Crippen molar-refractivity contribution in [2.75, 3.05) is 11.3 Å². The van der Waals surface area contributed by atoms with Crippen molar-refractivity contribution in [3.63, 3.8) is 0 Å². The van der Waals surface area contributed by atoms with Gasteiger partial charge in [0.1, 0.15) is 5.82 Å². The molecule has 27 heavy (non-hydrogen) atoms. The van der Waals surface area contributed by atoms with Crippen molar-refractivity contribution in [2.45, 2.75) is 11.3 Å². The van der Waals surface area contributed by atoms with Crippen LogP contribution in [0.25, 0.3) is 0 Å². The molecule has 3 aromatic rings. The fourth-order valence-corrected chi connectivity index (χ4v) is 4.14. The summed E-state index contributed by atoms with van der Waals surface area (Å²) in [4.78, 5) is 13.3. The summed E-state index contributed by atoms with van der Waals surface area (Å²) >= 11 is 1.63. The topological polar surface area (TPSA) is 75.3 Å². The molecule has 0 atom stereocenters. The Morgan fingerprint density at radius 3 is 2.33 bits per heavy atom.